The molecule has 0 aliphatic carbocycles. The minimum absolute atomic E-state index is 0. The van der Waals surface area contributed by atoms with Crippen molar-refractivity contribution in [3.63, 3.8) is 0 Å². The number of fused-ring (bicyclic) bond motifs is 2. The second-order valence-corrected chi connectivity index (χ2v) is 14.6. The smallest absolute Gasteiger partial charge is 0.0774 e. The Bertz CT molecular complexity index is 2770. The summed E-state index contributed by atoms with van der Waals surface area (Å²) in [5.41, 5.74) is 14.7. The van der Waals surface area contributed by atoms with Crippen LogP contribution in [0.25, 0.3) is 71.7 Å². The maximum Gasteiger partial charge on any atom is 0.0774 e. The van der Waals surface area contributed by atoms with Gasteiger partial charge in [0.25, 0.3) is 0 Å². The number of hydrogen-bond donors (Lipinski definition) is 0. The average molecular weight is 928 g/mol. The summed E-state index contributed by atoms with van der Waals surface area (Å²) in [7, 11) is 0. The molecule has 10 rings (SSSR count). The van der Waals surface area contributed by atoms with Gasteiger partial charge in [-0.05, 0) is 71.6 Å². The van der Waals surface area contributed by atoms with E-state index in [0.717, 1.165) is 45.8 Å². The number of para-hydroxylation sites is 2. The zero-order valence-corrected chi connectivity index (χ0v) is 34.5. The zero-order valence-electron chi connectivity index (χ0n) is 31.3. The molecule has 3 heterocycles. The first-order chi connectivity index (χ1) is 27.7. The number of aromatic nitrogens is 3. The maximum atomic E-state index is 5.33. The van der Waals surface area contributed by atoms with Crippen molar-refractivity contribution < 1.29 is 20.1 Å². The minimum atomic E-state index is 0. The van der Waals surface area contributed by atoms with Gasteiger partial charge in [0.05, 0.1) is 22.5 Å². The summed E-state index contributed by atoms with van der Waals surface area (Å²) in [5.74, 6) is 0.910. The quantitative estimate of drug-likeness (QED) is 0.149. The molecule has 0 aliphatic rings. The number of nitrogens with zero attached hydrogens (tertiary/aromatic N) is 3. The molecule has 57 heavy (non-hydrogen) atoms. The van der Waals surface area contributed by atoms with Gasteiger partial charge in [0, 0.05) is 37.4 Å². The van der Waals surface area contributed by atoms with E-state index in [-0.39, 0.29) is 20.1 Å². The van der Waals surface area contributed by atoms with Gasteiger partial charge >= 0.3 is 0 Å². The molecule has 277 valence electrons. The van der Waals surface area contributed by atoms with E-state index in [0.29, 0.717) is 0 Å². The Labute approximate surface area is 351 Å². The minimum Gasteiger partial charge on any atom is -0.332 e. The summed E-state index contributed by atoms with van der Waals surface area (Å²) in [5, 5.41) is 4.87. The van der Waals surface area contributed by atoms with Crippen LogP contribution in [0.5, 0.6) is 0 Å². The van der Waals surface area contributed by atoms with Gasteiger partial charge in [-0.2, -0.15) is 0 Å². The Balaban J connectivity index is 0.000000300. The molecule has 0 saturated carbocycles. The third-order valence-corrected chi connectivity index (χ3v) is 10.8. The number of rotatable bonds is 7. The van der Waals surface area contributed by atoms with E-state index in [4.69, 9.17) is 4.98 Å². The predicted molar refractivity (Wildman–Crippen MR) is 234 cm³/mol. The van der Waals surface area contributed by atoms with Crippen molar-refractivity contribution in [1.82, 2.24) is 14.5 Å². The summed E-state index contributed by atoms with van der Waals surface area (Å²) in [6.45, 7) is 2.18. The average Bonchev–Trinajstić information content (AvgIpc) is 3.86. The first kappa shape index (κ1) is 37.7. The largest absolute Gasteiger partial charge is 0.332 e. The molecular weight excluding hydrogens is 891 g/mol. The Kier molecular flexibility index (Phi) is 11.4. The second kappa shape index (κ2) is 17.3. The van der Waals surface area contributed by atoms with Crippen LogP contribution in [0.1, 0.15) is 16.7 Å². The Hall–Kier alpha value is -6.23. The molecule has 5 heteroatoms. The van der Waals surface area contributed by atoms with Crippen molar-refractivity contribution in [1.29, 1.82) is 0 Å². The molecule has 3 aromatic heterocycles. The van der Waals surface area contributed by atoms with E-state index in [1.54, 1.807) is 17.5 Å². The predicted octanol–water partition coefficient (Wildman–Crippen LogP) is 13.5. The van der Waals surface area contributed by atoms with Gasteiger partial charge in [-0.15, -0.1) is 47.3 Å². The van der Waals surface area contributed by atoms with Gasteiger partial charge in [0.2, 0.25) is 0 Å². The van der Waals surface area contributed by atoms with Crippen LogP contribution in [-0.4, -0.2) is 14.5 Å². The summed E-state index contributed by atoms with van der Waals surface area (Å²) in [4.78, 5) is 9.54. The number of aryl methyl sites for hydroxylation is 1. The monoisotopic (exact) mass is 928 g/mol. The van der Waals surface area contributed by atoms with Crippen LogP contribution in [0.15, 0.2) is 194 Å². The van der Waals surface area contributed by atoms with E-state index in [9.17, 15) is 0 Å². The number of pyridine rings is 1. The number of thiophene rings is 1. The summed E-state index contributed by atoms with van der Waals surface area (Å²) >= 11 is 1.66. The fraction of sp³-hybridized carbons (Fsp3) is 0.0385. The van der Waals surface area contributed by atoms with Crippen LogP contribution < -0.4 is 0 Å². The van der Waals surface area contributed by atoms with Crippen molar-refractivity contribution in [2.75, 3.05) is 0 Å². The third-order valence-electron chi connectivity index (χ3n) is 9.91. The fourth-order valence-electron chi connectivity index (χ4n) is 7.32. The van der Waals surface area contributed by atoms with Gasteiger partial charge < -0.3 is 9.55 Å². The molecule has 0 amide bonds. The van der Waals surface area contributed by atoms with Gasteiger partial charge in [0.15, 0.2) is 0 Å². The molecule has 3 nitrogen and oxygen atoms in total. The molecule has 0 bridgehead atoms. The van der Waals surface area contributed by atoms with Crippen molar-refractivity contribution in [2.45, 2.75) is 13.3 Å². The number of hydrogen-bond acceptors (Lipinski definition) is 3. The van der Waals surface area contributed by atoms with E-state index in [1.165, 1.54) is 49.0 Å². The molecule has 0 atom stereocenters. The second-order valence-electron chi connectivity index (χ2n) is 13.8. The van der Waals surface area contributed by atoms with Gasteiger partial charge in [-0.25, -0.2) is 0 Å². The van der Waals surface area contributed by atoms with Crippen LogP contribution in [0.2, 0.25) is 0 Å². The molecular formula is C52H37IrN3S-2. The number of benzene rings is 7. The summed E-state index contributed by atoms with van der Waals surface area (Å²) in [6.07, 6.45) is 2.67. The zero-order chi connectivity index (χ0) is 37.7. The summed E-state index contributed by atoms with van der Waals surface area (Å²) in [6, 6.07) is 68.8. The maximum absolute atomic E-state index is 5.33. The van der Waals surface area contributed by atoms with Crippen molar-refractivity contribution >= 4 is 32.5 Å². The van der Waals surface area contributed by atoms with Gasteiger partial charge in [0.1, 0.15) is 0 Å². The Morgan fingerprint density at radius 3 is 1.93 bits per heavy atom. The van der Waals surface area contributed by atoms with Crippen molar-refractivity contribution in [3.05, 3.63) is 222 Å². The molecule has 0 saturated heterocycles. The van der Waals surface area contributed by atoms with Crippen LogP contribution in [-0.2, 0) is 26.5 Å². The summed E-state index contributed by atoms with van der Waals surface area (Å²) < 4.78 is 3.59. The molecule has 10 aromatic rings. The van der Waals surface area contributed by atoms with Crippen molar-refractivity contribution in [2.24, 2.45) is 0 Å². The first-order valence-corrected chi connectivity index (χ1v) is 19.6. The number of imidazole rings is 1. The van der Waals surface area contributed by atoms with E-state index < -0.39 is 0 Å². The molecule has 0 aliphatic heterocycles. The normalized spacial score (nSPS) is 10.8. The van der Waals surface area contributed by atoms with Gasteiger partial charge in [-0.1, -0.05) is 149 Å². The van der Waals surface area contributed by atoms with E-state index >= 15 is 0 Å². The molecule has 0 fully saturated rings. The molecule has 0 unspecified atom stereocenters. The molecule has 0 N–H and O–H groups in total. The standard InChI is InChI=1S/C41H29N2S.C11H8N.Ir/c1-28-23-33(31-15-7-3-8-16-31)40(34(24-28)32-17-9-4-10-18-32)43-38-20-12-11-19-37(38)42-41(43)36-27-44-39-22-21-30(26-35(36)39)25-29-13-5-2-6-14-29;1-2-6-10(7-3-1)11-8-4-5-9-12-11;/h2-24,26H,25H2,1H3;1-6,8-9H;/q2*-1;. The van der Waals surface area contributed by atoms with Gasteiger partial charge in [-0.3, -0.25) is 16.3 Å². The van der Waals surface area contributed by atoms with Crippen LogP contribution >= 0.6 is 11.3 Å². The Morgan fingerprint density at radius 1 is 0.614 bits per heavy atom. The van der Waals surface area contributed by atoms with Crippen molar-refractivity contribution in [3.8, 4) is 50.6 Å². The van der Waals surface area contributed by atoms with Crippen LogP contribution in [0.3, 0.4) is 0 Å². The first-order valence-electron chi connectivity index (χ1n) is 18.8. The Morgan fingerprint density at radius 2 is 1.26 bits per heavy atom. The van der Waals surface area contributed by atoms with E-state index in [1.807, 2.05) is 42.5 Å². The fourth-order valence-corrected chi connectivity index (χ4v) is 8.14. The van der Waals surface area contributed by atoms with Crippen LogP contribution in [0, 0.1) is 18.4 Å². The molecule has 7 aromatic carbocycles. The molecule has 1 radical (unpaired) electrons. The topological polar surface area (TPSA) is 30.7 Å². The van der Waals surface area contributed by atoms with E-state index in [2.05, 4.69) is 174 Å². The SMILES string of the molecule is Cc1cc(-c2ccccc2)c(-n2c(-c3[c-]sc4ccc(Cc5ccccc5)cc34)nc3ccccc32)c(-c2ccccc2)c1.[Ir].[c-]1ccccc1-c1ccccn1. The van der Waals surface area contributed by atoms with Crippen LogP contribution in [0.4, 0.5) is 0 Å². The molecule has 0 spiro atoms. The third kappa shape index (κ3) is 8.05.